The molecule has 0 aliphatic carbocycles. The van der Waals surface area contributed by atoms with Crippen molar-refractivity contribution in [1.29, 1.82) is 5.26 Å². The van der Waals surface area contributed by atoms with Crippen molar-refractivity contribution in [3.63, 3.8) is 0 Å². The van der Waals surface area contributed by atoms with E-state index in [1.54, 1.807) is 24.8 Å². The number of rotatable bonds is 2. The van der Waals surface area contributed by atoms with Crippen LogP contribution < -0.4 is 4.90 Å². The van der Waals surface area contributed by atoms with E-state index in [-0.39, 0.29) is 6.04 Å². The van der Waals surface area contributed by atoms with Crippen molar-refractivity contribution >= 4 is 17.0 Å². The van der Waals surface area contributed by atoms with Crippen LogP contribution in [-0.2, 0) is 0 Å². The summed E-state index contributed by atoms with van der Waals surface area (Å²) in [6.07, 6.45) is 7.70. The first-order valence-electron chi connectivity index (χ1n) is 7.10. The summed E-state index contributed by atoms with van der Waals surface area (Å²) in [5.41, 5.74) is 2.06. The Kier molecular flexibility index (Phi) is 2.93. The maximum absolute atomic E-state index is 8.89. The molecule has 0 radical (unpaired) electrons. The molecule has 1 fully saturated rings. The highest BCUT2D eigenvalue weighted by atomic mass is 15.3. The number of aromatic nitrogens is 5. The molecule has 3 aromatic heterocycles. The zero-order chi connectivity index (χ0) is 14.9. The van der Waals surface area contributed by atoms with Crippen LogP contribution in [0.1, 0.15) is 18.0 Å². The summed E-state index contributed by atoms with van der Waals surface area (Å²) in [6, 6.07) is 6.29. The molecule has 0 amide bonds. The Morgan fingerprint density at radius 3 is 3.00 bits per heavy atom. The Morgan fingerprint density at radius 1 is 1.23 bits per heavy atom. The lowest BCUT2D eigenvalue weighted by Gasteiger charge is -2.17. The molecule has 0 spiro atoms. The molecule has 4 rings (SSSR count). The smallest absolute Gasteiger partial charge is 0.180 e. The van der Waals surface area contributed by atoms with Crippen molar-refractivity contribution in [2.45, 2.75) is 12.5 Å². The predicted octanol–water partition coefficient (Wildman–Crippen LogP) is 1.54. The van der Waals surface area contributed by atoms with E-state index in [2.05, 4.69) is 31.0 Å². The normalized spacial score (nSPS) is 17.8. The Labute approximate surface area is 126 Å². The van der Waals surface area contributed by atoms with Gasteiger partial charge in [-0.25, -0.2) is 9.97 Å². The number of fused-ring (bicyclic) bond motifs is 1. The second-order valence-electron chi connectivity index (χ2n) is 5.28. The minimum absolute atomic E-state index is 0.265. The molecular weight excluding hydrogens is 278 g/mol. The fourth-order valence-corrected chi connectivity index (χ4v) is 2.78. The number of nitriles is 1. The molecule has 0 saturated carbocycles. The van der Waals surface area contributed by atoms with E-state index in [9.17, 15) is 0 Å². The van der Waals surface area contributed by atoms with Gasteiger partial charge in [0.1, 0.15) is 17.4 Å². The maximum atomic E-state index is 8.89. The van der Waals surface area contributed by atoms with Crippen molar-refractivity contribution in [1.82, 2.24) is 24.7 Å². The topological polar surface area (TPSA) is 83.5 Å². The van der Waals surface area contributed by atoms with Gasteiger partial charge in [0.2, 0.25) is 0 Å². The first-order chi connectivity index (χ1) is 10.8. The summed E-state index contributed by atoms with van der Waals surface area (Å²) in [6.45, 7) is 1.73. The van der Waals surface area contributed by atoms with Gasteiger partial charge in [0.05, 0.1) is 17.8 Å². The van der Waals surface area contributed by atoms with Crippen molar-refractivity contribution in [2.24, 2.45) is 0 Å². The van der Waals surface area contributed by atoms with Crippen LogP contribution in [0.25, 0.3) is 11.2 Å². The number of nitrogens with zero attached hydrogens (tertiary/aromatic N) is 7. The van der Waals surface area contributed by atoms with Crippen LogP contribution in [0, 0.1) is 11.3 Å². The van der Waals surface area contributed by atoms with Crippen molar-refractivity contribution in [3.05, 3.63) is 42.5 Å². The van der Waals surface area contributed by atoms with Gasteiger partial charge in [0.15, 0.2) is 5.65 Å². The summed E-state index contributed by atoms with van der Waals surface area (Å²) >= 11 is 0. The Bertz CT molecular complexity index is 863. The third-order valence-corrected chi connectivity index (χ3v) is 3.91. The average molecular weight is 291 g/mol. The Hall–Kier alpha value is -3.01. The first kappa shape index (κ1) is 12.7. The van der Waals surface area contributed by atoms with Gasteiger partial charge in [-0.1, -0.05) is 0 Å². The molecule has 0 bridgehead atoms. The van der Waals surface area contributed by atoms with E-state index >= 15 is 0 Å². The van der Waals surface area contributed by atoms with Gasteiger partial charge in [-0.15, -0.1) is 0 Å². The predicted molar refractivity (Wildman–Crippen MR) is 80.1 cm³/mol. The minimum atomic E-state index is 0.265. The van der Waals surface area contributed by atoms with Gasteiger partial charge in [0.25, 0.3) is 0 Å². The lowest BCUT2D eigenvalue weighted by atomic mass is 10.3. The zero-order valence-corrected chi connectivity index (χ0v) is 11.8. The highest BCUT2D eigenvalue weighted by molar-refractivity contribution is 5.71. The minimum Gasteiger partial charge on any atom is -0.354 e. The largest absolute Gasteiger partial charge is 0.354 e. The van der Waals surface area contributed by atoms with Gasteiger partial charge >= 0.3 is 0 Å². The lowest BCUT2D eigenvalue weighted by Crippen LogP contribution is -2.22. The Balaban J connectivity index is 1.57. The van der Waals surface area contributed by atoms with Crippen molar-refractivity contribution in [3.8, 4) is 6.07 Å². The van der Waals surface area contributed by atoms with Gasteiger partial charge < -0.3 is 4.90 Å². The number of anilines is 1. The van der Waals surface area contributed by atoms with Gasteiger partial charge in [-0.2, -0.15) is 10.4 Å². The van der Waals surface area contributed by atoms with E-state index in [1.807, 2.05) is 16.8 Å². The second kappa shape index (κ2) is 5.07. The highest BCUT2D eigenvalue weighted by Gasteiger charge is 2.25. The molecule has 22 heavy (non-hydrogen) atoms. The molecule has 1 unspecified atom stereocenters. The molecule has 1 saturated heterocycles. The van der Waals surface area contributed by atoms with Crippen LogP contribution in [0.4, 0.5) is 5.82 Å². The average Bonchev–Trinajstić information content (AvgIpc) is 3.23. The molecule has 4 heterocycles. The van der Waals surface area contributed by atoms with Crippen LogP contribution in [0.15, 0.2) is 36.9 Å². The standard InChI is InChI=1S/C15H13N7/c16-7-11-8-19-22(9-11)12-3-6-21(10-12)14-2-1-13-15(20-14)18-5-4-17-13/h1-2,4-5,8-9,12H,3,6,10H2. The van der Waals surface area contributed by atoms with E-state index < -0.39 is 0 Å². The van der Waals surface area contributed by atoms with Crippen molar-refractivity contribution < 1.29 is 0 Å². The van der Waals surface area contributed by atoms with Crippen LogP contribution in [0.3, 0.4) is 0 Å². The molecule has 0 N–H and O–H groups in total. The highest BCUT2D eigenvalue weighted by Crippen LogP contribution is 2.26. The molecule has 1 aliphatic rings. The number of hydrogen-bond donors (Lipinski definition) is 0. The summed E-state index contributed by atoms with van der Waals surface area (Å²) < 4.78 is 1.87. The molecular formula is C15H13N7. The summed E-state index contributed by atoms with van der Waals surface area (Å²) in [4.78, 5) is 15.3. The SMILES string of the molecule is N#Cc1cnn(C2CCN(c3ccc4nccnc4n3)C2)c1. The van der Waals surface area contributed by atoms with Crippen LogP contribution >= 0.6 is 0 Å². The lowest BCUT2D eigenvalue weighted by molar-refractivity contribution is 0.494. The van der Waals surface area contributed by atoms with E-state index in [0.29, 0.717) is 11.2 Å². The van der Waals surface area contributed by atoms with E-state index in [0.717, 1.165) is 30.8 Å². The van der Waals surface area contributed by atoms with Crippen LogP contribution in [0.5, 0.6) is 0 Å². The maximum Gasteiger partial charge on any atom is 0.180 e. The van der Waals surface area contributed by atoms with Crippen molar-refractivity contribution in [2.75, 3.05) is 18.0 Å². The molecule has 0 aromatic carbocycles. The van der Waals surface area contributed by atoms with Gasteiger partial charge in [-0.3, -0.25) is 9.67 Å². The second-order valence-corrected chi connectivity index (χ2v) is 5.28. The zero-order valence-electron chi connectivity index (χ0n) is 11.8. The molecule has 3 aromatic rings. The Morgan fingerprint density at radius 2 is 2.14 bits per heavy atom. The van der Waals surface area contributed by atoms with E-state index in [1.165, 1.54) is 0 Å². The molecule has 7 heteroatoms. The fourth-order valence-electron chi connectivity index (χ4n) is 2.78. The molecule has 1 atom stereocenters. The van der Waals surface area contributed by atoms with Crippen LogP contribution in [0.2, 0.25) is 0 Å². The number of pyridine rings is 1. The van der Waals surface area contributed by atoms with E-state index in [4.69, 9.17) is 5.26 Å². The molecule has 7 nitrogen and oxygen atoms in total. The quantitative estimate of drug-likeness (QED) is 0.712. The summed E-state index contributed by atoms with van der Waals surface area (Å²) in [5, 5.41) is 13.2. The molecule has 108 valence electrons. The number of hydrogen-bond acceptors (Lipinski definition) is 6. The third-order valence-electron chi connectivity index (χ3n) is 3.91. The molecule has 1 aliphatic heterocycles. The van der Waals surface area contributed by atoms with Gasteiger partial charge in [0, 0.05) is 31.7 Å². The first-order valence-corrected chi connectivity index (χ1v) is 7.10. The fraction of sp³-hybridized carbons (Fsp3) is 0.267. The summed E-state index contributed by atoms with van der Waals surface area (Å²) in [7, 11) is 0. The summed E-state index contributed by atoms with van der Waals surface area (Å²) in [5.74, 6) is 0.906. The third kappa shape index (κ3) is 2.15. The van der Waals surface area contributed by atoms with Crippen LogP contribution in [-0.4, -0.2) is 37.8 Å². The monoisotopic (exact) mass is 291 g/mol. The van der Waals surface area contributed by atoms with Gasteiger partial charge in [-0.05, 0) is 18.6 Å².